The van der Waals surface area contributed by atoms with Crippen molar-refractivity contribution in [1.82, 2.24) is 10.2 Å². The second-order valence-electron chi connectivity index (χ2n) is 6.12. The molecule has 0 amide bonds. The van der Waals surface area contributed by atoms with Crippen molar-refractivity contribution in [1.29, 1.82) is 0 Å². The smallest absolute Gasteiger partial charge is 0.0369 e. The van der Waals surface area contributed by atoms with Gasteiger partial charge in [-0.05, 0) is 56.1 Å². The Labute approximate surface area is 130 Å². The minimum atomic E-state index is 0.990. The van der Waals surface area contributed by atoms with Crippen LogP contribution in [0.5, 0.6) is 0 Å². The predicted molar refractivity (Wildman–Crippen MR) is 92.1 cm³/mol. The van der Waals surface area contributed by atoms with Gasteiger partial charge in [-0.3, -0.25) is 4.90 Å². The maximum absolute atomic E-state index is 3.49. The first-order chi connectivity index (χ1) is 10.2. The average molecular weight is 289 g/mol. The van der Waals surface area contributed by atoms with E-state index in [-0.39, 0.29) is 0 Å². The molecular formula is C18H31N3. The number of aryl methyl sites for hydroxylation is 1. The van der Waals surface area contributed by atoms with Crippen LogP contribution in [0.15, 0.2) is 18.2 Å². The van der Waals surface area contributed by atoms with E-state index in [9.17, 15) is 0 Å². The fourth-order valence-corrected chi connectivity index (χ4v) is 3.02. The molecule has 3 nitrogen and oxygen atoms in total. The van der Waals surface area contributed by atoms with Gasteiger partial charge in [-0.2, -0.15) is 0 Å². The van der Waals surface area contributed by atoms with E-state index < -0.39 is 0 Å². The maximum Gasteiger partial charge on any atom is 0.0369 e. The van der Waals surface area contributed by atoms with Crippen LogP contribution in [0.3, 0.4) is 0 Å². The van der Waals surface area contributed by atoms with E-state index in [0.29, 0.717) is 0 Å². The Morgan fingerprint density at radius 3 is 2.43 bits per heavy atom. The molecule has 0 unspecified atom stereocenters. The van der Waals surface area contributed by atoms with E-state index >= 15 is 0 Å². The molecule has 1 saturated heterocycles. The van der Waals surface area contributed by atoms with E-state index in [4.69, 9.17) is 0 Å². The van der Waals surface area contributed by atoms with Crippen LogP contribution in [0.1, 0.15) is 37.8 Å². The topological polar surface area (TPSA) is 18.5 Å². The van der Waals surface area contributed by atoms with Gasteiger partial charge in [-0.25, -0.2) is 0 Å². The van der Waals surface area contributed by atoms with Crippen LogP contribution in [0.25, 0.3) is 0 Å². The Morgan fingerprint density at radius 2 is 1.81 bits per heavy atom. The first-order valence-corrected chi connectivity index (χ1v) is 8.52. The van der Waals surface area contributed by atoms with E-state index in [1.165, 1.54) is 49.3 Å². The van der Waals surface area contributed by atoms with Gasteiger partial charge in [0.15, 0.2) is 0 Å². The number of rotatable bonds is 7. The van der Waals surface area contributed by atoms with Crippen LogP contribution < -0.4 is 10.2 Å². The van der Waals surface area contributed by atoms with Crippen LogP contribution in [-0.2, 0) is 6.54 Å². The zero-order chi connectivity index (χ0) is 15.1. The Balaban J connectivity index is 1.91. The fourth-order valence-electron chi connectivity index (χ4n) is 3.02. The highest BCUT2D eigenvalue weighted by Gasteiger charge is 2.16. The van der Waals surface area contributed by atoms with Gasteiger partial charge >= 0.3 is 0 Å². The van der Waals surface area contributed by atoms with Crippen molar-refractivity contribution < 1.29 is 0 Å². The second-order valence-corrected chi connectivity index (χ2v) is 6.12. The lowest BCUT2D eigenvalue weighted by molar-refractivity contribution is 0.258. The molecule has 0 radical (unpaired) electrons. The first-order valence-electron chi connectivity index (χ1n) is 8.52. The first kappa shape index (κ1) is 16.3. The number of nitrogens with zero attached hydrogens (tertiary/aromatic N) is 2. The van der Waals surface area contributed by atoms with Gasteiger partial charge in [0.1, 0.15) is 0 Å². The van der Waals surface area contributed by atoms with Crippen molar-refractivity contribution in [2.24, 2.45) is 0 Å². The van der Waals surface area contributed by atoms with Crippen molar-refractivity contribution in [3.05, 3.63) is 29.3 Å². The minimum absolute atomic E-state index is 0.990. The van der Waals surface area contributed by atoms with Crippen molar-refractivity contribution >= 4 is 5.69 Å². The lowest BCUT2D eigenvalue weighted by Crippen LogP contribution is -2.46. The summed E-state index contributed by atoms with van der Waals surface area (Å²) in [7, 11) is 0. The highest BCUT2D eigenvalue weighted by Crippen LogP contribution is 2.20. The molecule has 21 heavy (non-hydrogen) atoms. The van der Waals surface area contributed by atoms with Gasteiger partial charge in [-0.15, -0.1) is 0 Å². The predicted octanol–water partition coefficient (Wildman–Crippen LogP) is 3.03. The molecule has 3 heteroatoms. The highest BCUT2D eigenvalue weighted by molar-refractivity contribution is 5.51. The normalized spacial score (nSPS) is 16.4. The lowest BCUT2D eigenvalue weighted by atomic mass is 10.1. The molecule has 1 aliphatic heterocycles. The third-order valence-corrected chi connectivity index (χ3v) is 4.35. The summed E-state index contributed by atoms with van der Waals surface area (Å²) in [5.74, 6) is 0. The van der Waals surface area contributed by atoms with Crippen LogP contribution in [0, 0.1) is 6.92 Å². The summed E-state index contributed by atoms with van der Waals surface area (Å²) in [6.45, 7) is 14.8. The van der Waals surface area contributed by atoms with Gasteiger partial charge < -0.3 is 10.2 Å². The standard InChI is InChI=1S/C18H31N3/c1-4-8-19-15-17-6-7-18(14-16(17)3)21-12-10-20(9-5-2)11-13-21/h6-7,14,19H,4-5,8-13,15H2,1-3H3. The fraction of sp³-hybridized carbons (Fsp3) is 0.667. The van der Waals surface area contributed by atoms with Gasteiger partial charge in [0.25, 0.3) is 0 Å². The van der Waals surface area contributed by atoms with E-state index in [1.54, 1.807) is 0 Å². The number of nitrogens with one attached hydrogen (secondary N) is 1. The molecule has 0 aliphatic carbocycles. The number of benzene rings is 1. The van der Waals surface area contributed by atoms with Crippen molar-refractivity contribution in [2.75, 3.05) is 44.2 Å². The molecule has 0 aromatic heterocycles. The summed E-state index contributed by atoms with van der Waals surface area (Å²) in [5, 5.41) is 3.49. The number of hydrogen-bond acceptors (Lipinski definition) is 3. The van der Waals surface area contributed by atoms with Crippen LogP contribution in [-0.4, -0.2) is 44.2 Å². The summed E-state index contributed by atoms with van der Waals surface area (Å²) >= 11 is 0. The zero-order valence-electron chi connectivity index (χ0n) is 14.0. The molecule has 1 N–H and O–H groups in total. The Bertz CT molecular complexity index is 422. The zero-order valence-corrected chi connectivity index (χ0v) is 14.0. The van der Waals surface area contributed by atoms with E-state index in [0.717, 1.165) is 26.2 Å². The third-order valence-electron chi connectivity index (χ3n) is 4.35. The average Bonchev–Trinajstić information content (AvgIpc) is 2.50. The summed E-state index contributed by atoms with van der Waals surface area (Å²) in [6.07, 6.45) is 2.46. The molecule has 0 spiro atoms. The Kier molecular flexibility index (Phi) is 6.52. The summed E-state index contributed by atoms with van der Waals surface area (Å²) in [5.41, 5.74) is 4.23. The molecule has 1 aromatic rings. The molecule has 0 bridgehead atoms. The molecule has 1 aliphatic rings. The minimum Gasteiger partial charge on any atom is -0.369 e. The van der Waals surface area contributed by atoms with Gasteiger partial charge in [0.05, 0.1) is 0 Å². The van der Waals surface area contributed by atoms with Gasteiger partial charge in [-0.1, -0.05) is 19.9 Å². The van der Waals surface area contributed by atoms with Crippen molar-refractivity contribution in [3.8, 4) is 0 Å². The van der Waals surface area contributed by atoms with Crippen LogP contribution in [0.4, 0.5) is 5.69 Å². The number of hydrogen-bond donors (Lipinski definition) is 1. The summed E-state index contributed by atoms with van der Waals surface area (Å²) in [4.78, 5) is 5.11. The highest BCUT2D eigenvalue weighted by atomic mass is 15.3. The quantitative estimate of drug-likeness (QED) is 0.778. The van der Waals surface area contributed by atoms with Gasteiger partial charge in [0, 0.05) is 38.4 Å². The molecular weight excluding hydrogens is 258 g/mol. The second kappa shape index (κ2) is 8.40. The maximum atomic E-state index is 3.49. The van der Waals surface area contributed by atoms with Crippen LogP contribution >= 0.6 is 0 Å². The number of anilines is 1. The molecule has 0 saturated carbocycles. The molecule has 0 atom stereocenters. The largest absolute Gasteiger partial charge is 0.369 e. The Morgan fingerprint density at radius 1 is 1.05 bits per heavy atom. The third kappa shape index (κ3) is 4.72. The SMILES string of the molecule is CCCNCc1ccc(N2CCN(CCC)CC2)cc1C. The van der Waals surface area contributed by atoms with E-state index in [2.05, 4.69) is 54.1 Å². The Hall–Kier alpha value is -1.06. The molecule has 1 heterocycles. The van der Waals surface area contributed by atoms with Crippen molar-refractivity contribution in [2.45, 2.75) is 40.2 Å². The van der Waals surface area contributed by atoms with Crippen molar-refractivity contribution in [3.63, 3.8) is 0 Å². The lowest BCUT2D eigenvalue weighted by Gasteiger charge is -2.36. The summed E-state index contributed by atoms with van der Waals surface area (Å²) < 4.78 is 0. The summed E-state index contributed by atoms with van der Waals surface area (Å²) in [6, 6.07) is 6.95. The monoisotopic (exact) mass is 289 g/mol. The molecule has 118 valence electrons. The number of piperazine rings is 1. The molecule has 1 aromatic carbocycles. The van der Waals surface area contributed by atoms with E-state index in [1.807, 2.05) is 0 Å². The van der Waals surface area contributed by atoms with Gasteiger partial charge in [0.2, 0.25) is 0 Å². The van der Waals surface area contributed by atoms with Crippen LogP contribution in [0.2, 0.25) is 0 Å². The molecule has 1 fully saturated rings. The molecule has 2 rings (SSSR count).